The molecule has 5 nitrogen and oxygen atoms in total. The molecule has 3 atom stereocenters. The van der Waals surface area contributed by atoms with E-state index in [0.717, 1.165) is 30.8 Å². The quantitative estimate of drug-likeness (QED) is 0.239. The number of piperidine rings is 1. The van der Waals surface area contributed by atoms with Gasteiger partial charge in [-0.15, -0.1) is 0 Å². The second-order valence-corrected chi connectivity index (χ2v) is 9.97. The van der Waals surface area contributed by atoms with Gasteiger partial charge in [0.25, 0.3) is 0 Å². The van der Waals surface area contributed by atoms with E-state index in [1.54, 1.807) is 0 Å². The van der Waals surface area contributed by atoms with Crippen molar-refractivity contribution in [3.05, 3.63) is 114 Å². The van der Waals surface area contributed by atoms with Crippen LogP contribution in [0.15, 0.2) is 97.1 Å². The molecule has 0 radical (unpaired) electrons. The second kappa shape index (κ2) is 13.5. The Labute approximate surface area is 225 Å². The van der Waals surface area contributed by atoms with Gasteiger partial charge in [-0.3, -0.25) is 0 Å². The Bertz CT molecular complexity index is 1260. The molecule has 0 aliphatic carbocycles. The molecule has 0 amide bonds. The van der Waals surface area contributed by atoms with Gasteiger partial charge in [-0.1, -0.05) is 78.9 Å². The molecule has 38 heavy (non-hydrogen) atoms. The predicted octanol–water partition coefficient (Wildman–Crippen LogP) is 5.71. The molecular formula is C33H37NO4. The number of rotatable bonds is 12. The minimum atomic E-state index is -0.0269. The fraction of sp³-hybridized carbons (Fsp3) is 0.333. The number of aliphatic hydroxyl groups excluding tert-OH is 1. The van der Waals surface area contributed by atoms with E-state index in [-0.39, 0.29) is 24.5 Å². The standard InChI is InChI=1S/C33H37NO4/c35-22-30-20-34-21-32(38-24-26-11-12-27-9-4-5-10-29(27)19-26)33(30)28-13-15-31(16-14-28)37-18-6-17-36-23-25-7-2-1-3-8-25/h1-5,7-16,19,30,32-35H,6,17-18,20-24H2/t30-,32-,33+/m0/s1. The fourth-order valence-electron chi connectivity index (χ4n) is 5.23. The third-order valence-corrected chi connectivity index (χ3v) is 7.25. The van der Waals surface area contributed by atoms with E-state index >= 15 is 0 Å². The summed E-state index contributed by atoms with van der Waals surface area (Å²) in [5.74, 6) is 1.06. The summed E-state index contributed by atoms with van der Waals surface area (Å²) in [4.78, 5) is 0. The first-order valence-electron chi connectivity index (χ1n) is 13.6. The highest BCUT2D eigenvalue weighted by atomic mass is 16.5. The SMILES string of the molecule is OC[C@@H]1CNC[C@H](OCc2ccc3ccccc3c2)[C@@H]1c1ccc(OCCCOCc2ccccc2)cc1. The zero-order valence-electron chi connectivity index (χ0n) is 21.8. The van der Waals surface area contributed by atoms with Crippen LogP contribution in [0.3, 0.4) is 0 Å². The Kier molecular flexibility index (Phi) is 9.40. The van der Waals surface area contributed by atoms with E-state index in [9.17, 15) is 5.11 Å². The van der Waals surface area contributed by atoms with E-state index < -0.39 is 0 Å². The van der Waals surface area contributed by atoms with E-state index in [2.05, 4.69) is 72.0 Å². The van der Waals surface area contributed by atoms with E-state index in [1.165, 1.54) is 21.9 Å². The Balaban J connectivity index is 1.14. The lowest BCUT2D eigenvalue weighted by Gasteiger charge is -2.38. The van der Waals surface area contributed by atoms with Gasteiger partial charge < -0.3 is 24.6 Å². The third kappa shape index (κ3) is 7.00. The summed E-state index contributed by atoms with van der Waals surface area (Å²) in [6.07, 6.45) is 0.807. The van der Waals surface area contributed by atoms with Gasteiger partial charge in [0.15, 0.2) is 0 Å². The topological polar surface area (TPSA) is 60.0 Å². The van der Waals surface area contributed by atoms with Crippen molar-refractivity contribution in [2.45, 2.75) is 31.7 Å². The maximum atomic E-state index is 10.1. The van der Waals surface area contributed by atoms with Crippen LogP contribution in [0.5, 0.6) is 5.75 Å². The number of nitrogens with one attached hydrogen (secondary N) is 1. The molecule has 5 rings (SSSR count). The average molecular weight is 512 g/mol. The molecule has 198 valence electrons. The van der Waals surface area contributed by atoms with E-state index in [1.807, 2.05) is 30.3 Å². The van der Waals surface area contributed by atoms with Crippen molar-refractivity contribution >= 4 is 10.8 Å². The number of hydrogen-bond acceptors (Lipinski definition) is 5. The molecule has 0 bridgehead atoms. The number of aliphatic hydroxyl groups is 1. The summed E-state index contributed by atoms with van der Waals surface area (Å²) in [6.45, 7) is 4.10. The van der Waals surface area contributed by atoms with Gasteiger partial charge in [0.2, 0.25) is 0 Å². The molecule has 1 heterocycles. The average Bonchev–Trinajstić information content (AvgIpc) is 2.98. The van der Waals surface area contributed by atoms with Crippen LogP contribution in [0, 0.1) is 5.92 Å². The number of fused-ring (bicyclic) bond motifs is 1. The van der Waals surface area contributed by atoms with Gasteiger partial charge >= 0.3 is 0 Å². The molecule has 0 unspecified atom stereocenters. The van der Waals surface area contributed by atoms with Crippen LogP contribution in [0.2, 0.25) is 0 Å². The second-order valence-electron chi connectivity index (χ2n) is 9.97. The summed E-state index contributed by atoms with van der Waals surface area (Å²) in [6, 6.07) is 33.3. The van der Waals surface area contributed by atoms with Crippen molar-refractivity contribution in [3.63, 3.8) is 0 Å². The largest absolute Gasteiger partial charge is 0.494 e. The first-order valence-corrected chi connectivity index (χ1v) is 13.6. The van der Waals surface area contributed by atoms with Crippen LogP contribution in [0.25, 0.3) is 10.8 Å². The van der Waals surface area contributed by atoms with Crippen LogP contribution in [-0.4, -0.2) is 44.1 Å². The predicted molar refractivity (Wildman–Crippen MR) is 151 cm³/mol. The Morgan fingerprint density at radius 2 is 1.53 bits per heavy atom. The van der Waals surface area contributed by atoms with Crippen LogP contribution in [0.1, 0.15) is 29.0 Å². The van der Waals surface area contributed by atoms with Crippen molar-refractivity contribution in [2.75, 3.05) is 32.9 Å². The van der Waals surface area contributed by atoms with Gasteiger partial charge in [0.05, 0.1) is 32.5 Å². The monoisotopic (exact) mass is 511 g/mol. The van der Waals surface area contributed by atoms with Gasteiger partial charge in [-0.05, 0) is 45.7 Å². The van der Waals surface area contributed by atoms with E-state index in [4.69, 9.17) is 14.2 Å². The number of ether oxygens (including phenoxy) is 3. The van der Waals surface area contributed by atoms with Crippen LogP contribution in [-0.2, 0) is 22.7 Å². The van der Waals surface area contributed by atoms with Crippen LogP contribution in [0.4, 0.5) is 0 Å². The molecule has 4 aromatic rings. The highest BCUT2D eigenvalue weighted by molar-refractivity contribution is 5.82. The first-order chi connectivity index (χ1) is 18.8. The van der Waals surface area contributed by atoms with Gasteiger partial charge in [0, 0.05) is 38.0 Å². The molecular weight excluding hydrogens is 474 g/mol. The summed E-state index contributed by atoms with van der Waals surface area (Å²) in [7, 11) is 0. The number of benzene rings is 4. The van der Waals surface area contributed by atoms with Crippen molar-refractivity contribution < 1.29 is 19.3 Å². The highest BCUT2D eigenvalue weighted by Gasteiger charge is 2.34. The minimum absolute atomic E-state index is 0.0269. The molecule has 2 N–H and O–H groups in total. The lowest BCUT2D eigenvalue weighted by atomic mass is 9.79. The minimum Gasteiger partial charge on any atom is -0.494 e. The molecule has 1 saturated heterocycles. The molecule has 1 aliphatic heterocycles. The first kappa shape index (κ1) is 26.4. The molecule has 5 heteroatoms. The van der Waals surface area contributed by atoms with Crippen LogP contribution < -0.4 is 10.1 Å². The lowest BCUT2D eigenvalue weighted by molar-refractivity contribution is -0.0151. The Hall–Kier alpha value is -3.22. The summed E-state index contributed by atoms with van der Waals surface area (Å²) < 4.78 is 18.2. The number of hydrogen-bond donors (Lipinski definition) is 2. The van der Waals surface area contributed by atoms with Gasteiger partial charge in [0.1, 0.15) is 5.75 Å². The zero-order chi connectivity index (χ0) is 26.0. The zero-order valence-corrected chi connectivity index (χ0v) is 21.8. The Morgan fingerprint density at radius 1 is 0.737 bits per heavy atom. The molecule has 1 fully saturated rings. The van der Waals surface area contributed by atoms with Gasteiger partial charge in [-0.2, -0.15) is 0 Å². The molecule has 4 aromatic carbocycles. The summed E-state index contributed by atoms with van der Waals surface area (Å²) in [5, 5.41) is 16.0. The fourth-order valence-corrected chi connectivity index (χ4v) is 5.23. The van der Waals surface area contributed by atoms with Gasteiger partial charge in [-0.25, -0.2) is 0 Å². The van der Waals surface area contributed by atoms with Crippen LogP contribution >= 0.6 is 0 Å². The van der Waals surface area contributed by atoms with Crippen molar-refractivity contribution in [3.8, 4) is 5.75 Å². The lowest BCUT2D eigenvalue weighted by Crippen LogP contribution is -2.47. The molecule has 0 aromatic heterocycles. The normalized spacial score (nSPS) is 19.4. The highest BCUT2D eigenvalue weighted by Crippen LogP contribution is 2.34. The molecule has 1 aliphatic rings. The maximum Gasteiger partial charge on any atom is 0.119 e. The summed E-state index contributed by atoms with van der Waals surface area (Å²) >= 11 is 0. The van der Waals surface area contributed by atoms with Crippen molar-refractivity contribution in [2.24, 2.45) is 5.92 Å². The smallest absolute Gasteiger partial charge is 0.119 e. The van der Waals surface area contributed by atoms with E-state index in [0.29, 0.717) is 26.4 Å². The summed E-state index contributed by atoms with van der Waals surface area (Å²) in [5.41, 5.74) is 3.51. The Morgan fingerprint density at radius 3 is 2.34 bits per heavy atom. The molecule has 0 saturated carbocycles. The third-order valence-electron chi connectivity index (χ3n) is 7.25. The van der Waals surface area contributed by atoms with Crippen molar-refractivity contribution in [1.29, 1.82) is 0 Å². The molecule has 0 spiro atoms. The van der Waals surface area contributed by atoms with Crippen molar-refractivity contribution in [1.82, 2.24) is 5.32 Å². The maximum absolute atomic E-state index is 10.1.